The quantitative estimate of drug-likeness (QED) is 0.728. The molecule has 0 bridgehead atoms. The monoisotopic (exact) mass is 209 g/mol. The fraction of sp³-hybridized carbons (Fsp3) is 0.0909. The zero-order valence-electron chi connectivity index (χ0n) is 7.48. The van der Waals surface area contributed by atoms with Gasteiger partial charge in [0.25, 0.3) is 0 Å². The molecule has 0 aliphatic rings. The van der Waals surface area contributed by atoms with E-state index in [1.54, 1.807) is 12.3 Å². The van der Waals surface area contributed by atoms with Gasteiger partial charge in [0.2, 0.25) is 0 Å². The second-order valence-corrected chi connectivity index (χ2v) is 3.37. The summed E-state index contributed by atoms with van der Waals surface area (Å²) in [7, 11) is 0. The maximum Gasteiger partial charge on any atom is 0.133 e. The van der Waals surface area contributed by atoms with Crippen molar-refractivity contribution in [2.45, 2.75) is 0 Å². The van der Waals surface area contributed by atoms with Gasteiger partial charge in [-0.2, -0.15) is 0 Å². The Labute approximate surface area is 86.2 Å². The number of rotatable bonds is 2. The first kappa shape index (κ1) is 9.28. The summed E-state index contributed by atoms with van der Waals surface area (Å²) in [5, 5.41) is 0.568. The van der Waals surface area contributed by atoms with E-state index in [9.17, 15) is 4.39 Å². The fourth-order valence-corrected chi connectivity index (χ4v) is 1.64. The predicted molar refractivity (Wildman–Crippen MR) is 58.0 cm³/mol. The Balaban J connectivity index is 2.73. The number of hydrogen-bond acceptors (Lipinski definition) is 0. The highest BCUT2D eigenvalue weighted by Crippen LogP contribution is 2.26. The first-order valence-corrected chi connectivity index (χ1v) is 4.77. The van der Waals surface area contributed by atoms with E-state index in [2.05, 4.69) is 11.6 Å². The van der Waals surface area contributed by atoms with Gasteiger partial charge in [-0.25, -0.2) is 4.39 Å². The molecule has 14 heavy (non-hydrogen) atoms. The van der Waals surface area contributed by atoms with Crippen LogP contribution in [0.15, 0.2) is 31.0 Å². The molecule has 2 rings (SSSR count). The number of hydrogen-bond donors (Lipinski definition) is 1. The van der Waals surface area contributed by atoms with Crippen LogP contribution in [0.25, 0.3) is 16.5 Å². The van der Waals surface area contributed by atoms with Crippen molar-refractivity contribution in [1.82, 2.24) is 4.98 Å². The highest BCUT2D eigenvalue weighted by molar-refractivity contribution is 6.23. The molecule has 3 heteroatoms. The topological polar surface area (TPSA) is 15.8 Å². The number of fused-ring (bicyclic) bond motifs is 1. The summed E-state index contributed by atoms with van der Waals surface area (Å²) in [4.78, 5) is 2.98. The smallest absolute Gasteiger partial charge is 0.133 e. The van der Waals surface area contributed by atoms with Crippen LogP contribution in [0, 0.1) is 5.82 Å². The van der Waals surface area contributed by atoms with E-state index >= 15 is 0 Å². The minimum absolute atomic E-state index is 0.245. The molecule has 0 saturated heterocycles. The molecule has 1 heterocycles. The molecule has 0 aliphatic carbocycles. The van der Waals surface area contributed by atoms with Crippen LogP contribution in [0.4, 0.5) is 4.39 Å². The lowest BCUT2D eigenvalue weighted by molar-refractivity contribution is 0.640. The largest absolute Gasteiger partial charge is 0.360 e. The fourth-order valence-electron chi connectivity index (χ4n) is 1.49. The minimum Gasteiger partial charge on any atom is -0.360 e. The van der Waals surface area contributed by atoms with Gasteiger partial charge >= 0.3 is 0 Å². The Hall–Kier alpha value is -1.28. The van der Waals surface area contributed by atoms with Gasteiger partial charge in [-0.15, -0.1) is 11.6 Å². The number of nitrogens with one attached hydrogen (secondary N) is 1. The van der Waals surface area contributed by atoms with Crippen LogP contribution in [-0.2, 0) is 0 Å². The molecule has 2 aromatic rings. The third-order valence-electron chi connectivity index (χ3n) is 2.20. The van der Waals surface area contributed by atoms with Crippen molar-refractivity contribution in [3.8, 4) is 0 Å². The van der Waals surface area contributed by atoms with Crippen LogP contribution < -0.4 is 0 Å². The summed E-state index contributed by atoms with van der Waals surface area (Å²) in [5.41, 5.74) is 2.25. The Morgan fingerprint density at radius 3 is 3.00 bits per heavy atom. The third-order valence-corrected chi connectivity index (χ3v) is 2.52. The molecular formula is C11H9ClFN. The average Bonchev–Trinajstić information content (AvgIpc) is 2.62. The Bertz CT molecular complexity index is 487. The van der Waals surface area contributed by atoms with Crippen molar-refractivity contribution in [3.63, 3.8) is 0 Å². The minimum atomic E-state index is -0.245. The first-order chi connectivity index (χ1) is 6.74. The van der Waals surface area contributed by atoms with Crippen LogP contribution in [0.2, 0.25) is 0 Å². The van der Waals surface area contributed by atoms with Crippen molar-refractivity contribution in [2.24, 2.45) is 0 Å². The molecule has 1 nitrogen and oxygen atoms in total. The molecule has 0 radical (unpaired) electrons. The van der Waals surface area contributed by atoms with Crippen LogP contribution in [0.1, 0.15) is 5.56 Å². The standard InChI is InChI=1S/C11H9ClFN/c1-7(5-12)8-6-14-10-4-2-3-9(13)11(8)10/h2-4,6,14H,1,5H2. The molecule has 0 spiro atoms. The van der Waals surface area contributed by atoms with Gasteiger partial charge in [-0.05, 0) is 17.7 Å². The molecule has 0 fully saturated rings. The predicted octanol–water partition coefficient (Wildman–Crippen LogP) is 3.56. The van der Waals surface area contributed by atoms with E-state index in [1.807, 2.05) is 6.07 Å². The molecule has 0 amide bonds. The Morgan fingerprint density at radius 2 is 2.29 bits per heavy atom. The van der Waals surface area contributed by atoms with E-state index in [4.69, 9.17) is 11.6 Å². The SMILES string of the molecule is C=C(CCl)c1c[nH]c2cccc(F)c12. The maximum absolute atomic E-state index is 13.5. The van der Waals surface area contributed by atoms with E-state index in [0.717, 1.165) is 16.7 Å². The average molecular weight is 210 g/mol. The van der Waals surface area contributed by atoms with Crippen molar-refractivity contribution in [1.29, 1.82) is 0 Å². The number of aromatic nitrogens is 1. The maximum atomic E-state index is 13.5. The van der Waals surface area contributed by atoms with Crippen LogP contribution in [0.3, 0.4) is 0 Å². The van der Waals surface area contributed by atoms with Gasteiger partial charge < -0.3 is 4.98 Å². The molecule has 0 saturated carbocycles. The van der Waals surface area contributed by atoms with Gasteiger partial charge in [-0.3, -0.25) is 0 Å². The van der Waals surface area contributed by atoms with Crippen molar-refractivity contribution < 1.29 is 4.39 Å². The van der Waals surface area contributed by atoms with Crippen LogP contribution in [0.5, 0.6) is 0 Å². The molecule has 72 valence electrons. The van der Waals surface area contributed by atoms with E-state index < -0.39 is 0 Å². The molecular weight excluding hydrogens is 201 g/mol. The van der Waals surface area contributed by atoms with Crippen molar-refractivity contribution in [2.75, 3.05) is 5.88 Å². The van der Waals surface area contributed by atoms with Crippen LogP contribution >= 0.6 is 11.6 Å². The number of allylic oxidation sites excluding steroid dienone is 1. The summed E-state index contributed by atoms with van der Waals surface area (Å²) in [6.45, 7) is 3.79. The van der Waals surface area contributed by atoms with Gasteiger partial charge in [0.05, 0.1) is 0 Å². The lowest BCUT2D eigenvalue weighted by atomic mass is 10.1. The summed E-state index contributed by atoms with van der Waals surface area (Å²) in [5.74, 6) is 0.0615. The van der Waals surface area contributed by atoms with E-state index in [0.29, 0.717) is 11.3 Å². The molecule has 1 aromatic heterocycles. The number of H-pyrrole nitrogens is 1. The summed E-state index contributed by atoms with van der Waals surface area (Å²) < 4.78 is 13.5. The van der Waals surface area contributed by atoms with Gasteiger partial charge in [-0.1, -0.05) is 12.6 Å². The third kappa shape index (κ3) is 1.32. The van der Waals surface area contributed by atoms with Gasteiger partial charge in [0.15, 0.2) is 0 Å². The number of benzene rings is 1. The number of aromatic amines is 1. The highest BCUT2D eigenvalue weighted by atomic mass is 35.5. The molecule has 1 N–H and O–H groups in total. The lowest BCUT2D eigenvalue weighted by Gasteiger charge is -1.99. The zero-order chi connectivity index (χ0) is 10.1. The first-order valence-electron chi connectivity index (χ1n) is 4.23. The van der Waals surface area contributed by atoms with Gasteiger partial charge in [0, 0.05) is 28.5 Å². The normalized spacial score (nSPS) is 10.7. The second-order valence-electron chi connectivity index (χ2n) is 3.10. The summed E-state index contributed by atoms with van der Waals surface area (Å²) >= 11 is 5.66. The zero-order valence-corrected chi connectivity index (χ0v) is 8.24. The highest BCUT2D eigenvalue weighted by Gasteiger charge is 2.09. The van der Waals surface area contributed by atoms with E-state index in [-0.39, 0.29) is 5.82 Å². The lowest BCUT2D eigenvalue weighted by Crippen LogP contribution is -1.83. The molecule has 1 aromatic carbocycles. The van der Waals surface area contributed by atoms with Crippen molar-refractivity contribution >= 4 is 28.1 Å². The number of alkyl halides is 1. The van der Waals surface area contributed by atoms with Crippen LogP contribution in [-0.4, -0.2) is 10.9 Å². The Morgan fingerprint density at radius 1 is 1.50 bits per heavy atom. The molecule has 0 aliphatic heterocycles. The molecule has 0 unspecified atom stereocenters. The second kappa shape index (κ2) is 3.46. The number of halogens is 2. The summed E-state index contributed by atoms with van der Waals surface area (Å²) in [6, 6.07) is 4.92. The molecule has 0 atom stereocenters. The van der Waals surface area contributed by atoms with Crippen molar-refractivity contribution in [3.05, 3.63) is 42.4 Å². The Kier molecular flexibility index (Phi) is 2.30. The van der Waals surface area contributed by atoms with E-state index in [1.165, 1.54) is 6.07 Å². The van der Waals surface area contributed by atoms with Gasteiger partial charge in [0.1, 0.15) is 5.82 Å². The summed E-state index contributed by atoms with van der Waals surface area (Å²) in [6.07, 6.45) is 1.73.